The van der Waals surface area contributed by atoms with Crippen LogP contribution in [-0.2, 0) is 22.5 Å². The van der Waals surface area contributed by atoms with Crippen molar-refractivity contribution < 1.29 is 23.5 Å². The number of aryl methyl sites for hydroxylation is 1. The van der Waals surface area contributed by atoms with E-state index in [2.05, 4.69) is 9.59 Å². The summed E-state index contributed by atoms with van der Waals surface area (Å²) in [5.41, 5.74) is 0.859. The van der Waals surface area contributed by atoms with Gasteiger partial charge in [-0.2, -0.15) is 0 Å². The molecular formula is C17H15FN2O4S2. The molecule has 0 spiro atoms. The third-order valence-electron chi connectivity index (χ3n) is 3.65. The maximum atomic E-state index is 14.3. The molecule has 9 heteroatoms. The van der Waals surface area contributed by atoms with Gasteiger partial charge in [0, 0.05) is 15.6 Å². The average Bonchev–Trinajstić information content (AvgIpc) is 3.25. The Kier molecular flexibility index (Phi) is 5.58. The zero-order valence-corrected chi connectivity index (χ0v) is 15.7. The lowest BCUT2D eigenvalue weighted by molar-refractivity contribution is 0.0457. The third-order valence-corrected chi connectivity index (χ3v) is 5.57. The second-order valence-electron chi connectivity index (χ2n) is 5.22. The normalized spacial score (nSPS) is 10.9. The van der Waals surface area contributed by atoms with Crippen LogP contribution in [0.2, 0.25) is 0 Å². The third kappa shape index (κ3) is 3.45. The maximum absolute atomic E-state index is 14.3. The number of fused-ring (bicyclic) bond motifs is 1. The molecule has 0 aliphatic heterocycles. The number of esters is 2. The van der Waals surface area contributed by atoms with Gasteiger partial charge in [0.25, 0.3) is 0 Å². The van der Waals surface area contributed by atoms with Crippen LogP contribution in [0.1, 0.15) is 44.4 Å². The van der Waals surface area contributed by atoms with Crippen molar-refractivity contribution in [1.82, 2.24) is 9.59 Å². The van der Waals surface area contributed by atoms with Crippen molar-refractivity contribution in [2.24, 2.45) is 0 Å². The SMILES string of the molecule is CCOC(=O)c1sc2cccc(F)c2c1COC(=O)c1snnc1CC. The first kappa shape index (κ1) is 18.4. The van der Waals surface area contributed by atoms with Crippen LogP contribution >= 0.6 is 22.9 Å². The smallest absolute Gasteiger partial charge is 0.352 e. The van der Waals surface area contributed by atoms with Gasteiger partial charge in [0.05, 0.1) is 12.3 Å². The highest BCUT2D eigenvalue weighted by Gasteiger charge is 2.24. The second-order valence-corrected chi connectivity index (χ2v) is 7.03. The monoisotopic (exact) mass is 394 g/mol. The minimum atomic E-state index is -0.595. The Bertz CT molecular complexity index is 967. The van der Waals surface area contributed by atoms with E-state index in [0.29, 0.717) is 27.3 Å². The number of aromatic nitrogens is 2. The van der Waals surface area contributed by atoms with E-state index in [1.807, 2.05) is 6.92 Å². The van der Waals surface area contributed by atoms with E-state index in [9.17, 15) is 14.0 Å². The molecular weight excluding hydrogens is 379 g/mol. The van der Waals surface area contributed by atoms with E-state index in [4.69, 9.17) is 9.47 Å². The molecule has 0 amide bonds. The number of ether oxygens (including phenoxy) is 2. The molecule has 0 bridgehead atoms. The van der Waals surface area contributed by atoms with Gasteiger partial charge in [0.15, 0.2) is 4.88 Å². The van der Waals surface area contributed by atoms with Gasteiger partial charge < -0.3 is 9.47 Å². The Labute approximate surface area is 156 Å². The van der Waals surface area contributed by atoms with Crippen molar-refractivity contribution in [3.05, 3.63) is 45.0 Å². The number of carbonyl (C=O) groups excluding carboxylic acids is 2. The van der Waals surface area contributed by atoms with Crippen molar-refractivity contribution in [2.75, 3.05) is 6.61 Å². The van der Waals surface area contributed by atoms with Crippen LogP contribution < -0.4 is 0 Å². The fraction of sp³-hybridized carbons (Fsp3) is 0.294. The number of halogens is 1. The molecule has 3 aromatic rings. The molecule has 3 rings (SSSR count). The summed E-state index contributed by atoms with van der Waals surface area (Å²) in [5.74, 6) is -1.63. The van der Waals surface area contributed by atoms with Crippen LogP contribution in [0.15, 0.2) is 18.2 Å². The van der Waals surface area contributed by atoms with Crippen molar-refractivity contribution in [2.45, 2.75) is 26.9 Å². The predicted octanol–water partition coefficient (Wildman–Crippen LogP) is 3.99. The highest BCUT2D eigenvalue weighted by Crippen LogP contribution is 2.34. The number of thiophene rings is 1. The molecule has 0 fully saturated rings. The number of hydrogen-bond acceptors (Lipinski definition) is 8. The van der Waals surface area contributed by atoms with Gasteiger partial charge in [-0.3, -0.25) is 0 Å². The lowest BCUT2D eigenvalue weighted by atomic mass is 10.1. The van der Waals surface area contributed by atoms with E-state index in [1.54, 1.807) is 19.1 Å². The average molecular weight is 394 g/mol. The maximum Gasteiger partial charge on any atom is 0.352 e. The summed E-state index contributed by atoms with van der Waals surface area (Å²) in [6.45, 7) is 3.50. The van der Waals surface area contributed by atoms with Crippen LogP contribution in [-0.4, -0.2) is 28.1 Å². The largest absolute Gasteiger partial charge is 0.462 e. The Morgan fingerprint density at radius 2 is 1.92 bits per heavy atom. The quantitative estimate of drug-likeness (QED) is 0.588. The minimum absolute atomic E-state index is 0.196. The van der Waals surface area contributed by atoms with Gasteiger partial charge in [-0.05, 0) is 37.0 Å². The van der Waals surface area contributed by atoms with Crippen LogP contribution in [0.25, 0.3) is 10.1 Å². The molecule has 0 N–H and O–H groups in total. The van der Waals surface area contributed by atoms with Crippen molar-refractivity contribution in [3.63, 3.8) is 0 Å². The van der Waals surface area contributed by atoms with Crippen molar-refractivity contribution >= 4 is 44.9 Å². The molecule has 0 unspecified atom stereocenters. The number of rotatable bonds is 6. The Balaban J connectivity index is 1.94. The van der Waals surface area contributed by atoms with E-state index in [-0.39, 0.29) is 23.5 Å². The molecule has 0 radical (unpaired) electrons. The molecule has 26 heavy (non-hydrogen) atoms. The molecule has 1 aromatic carbocycles. The first-order valence-corrected chi connectivity index (χ1v) is 9.51. The second kappa shape index (κ2) is 7.88. The number of benzene rings is 1. The lowest BCUT2D eigenvalue weighted by Crippen LogP contribution is -2.10. The summed E-state index contributed by atoms with van der Waals surface area (Å²) in [6, 6.07) is 4.58. The number of nitrogens with zero attached hydrogens (tertiary/aromatic N) is 2. The number of hydrogen-bond donors (Lipinski definition) is 0. The van der Waals surface area contributed by atoms with Gasteiger partial charge in [-0.25, -0.2) is 14.0 Å². The van der Waals surface area contributed by atoms with Gasteiger partial charge in [-0.15, -0.1) is 16.4 Å². The molecule has 0 saturated carbocycles. The van der Waals surface area contributed by atoms with E-state index >= 15 is 0 Å². The summed E-state index contributed by atoms with van der Waals surface area (Å²) >= 11 is 2.06. The zero-order valence-electron chi connectivity index (χ0n) is 14.1. The van der Waals surface area contributed by atoms with Crippen LogP contribution in [0, 0.1) is 5.82 Å². The van der Waals surface area contributed by atoms with Gasteiger partial charge in [0.1, 0.15) is 17.3 Å². The first-order chi connectivity index (χ1) is 12.6. The Hall–Kier alpha value is -2.39. The Morgan fingerprint density at radius 1 is 1.15 bits per heavy atom. The van der Waals surface area contributed by atoms with E-state index in [1.165, 1.54) is 6.07 Å². The molecule has 0 atom stereocenters. The van der Waals surface area contributed by atoms with Gasteiger partial charge in [-0.1, -0.05) is 17.5 Å². The summed E-state index contributed by atoms with van der Waals surface area (Å²) in [5, 5.41) is 4.14. The molecule has 2 heterocycles. The van der Waals surface area contributed by atoms with Crippen LogP contribution in [0.5, 0.6) is 0 Å². The van der Waals surface area contributed by atoms with Crippen molar-refractivity contribution in [1.29, 1.82) is 0 Å². The Morgan fingerprint density at radius 3 is 2.65 bits per heavy atom. The summed E-state index contributed by atoms with van der Waals surface area (Å²) < 4.78 is 29.0. The van der Waals surface area contributed by atoms with Gasteiger partial charge >= 0.3 is 11.9 Å². The summed E-state index contributed by atoms with van der Waals surface area (Å²) in [7, 11) is 0. The zero-order chi connectivity index (χ0) is 18.7. The van der Waals surface area contributed by atoms with E-state index < -0.39 is 17.8 Å². The topological polar surface area (TPSA) is 78.4 Å². The molecule has 2 aromatic heterocycles. The standard InChI is InChI=1S/C17H15FN2O4S2/c1-3-11-15(26-20-19-11)17(22)24-8-9-13-10(18)6-5-7-12(13)25-14(9)16(21)23-4-2/h5-7H,3-4,8H2,1-2H3. The summed E-state index contributed by atoms with van der Waals surface area (Å²) in [4.78, 5) is 25.1. The molecule has 6 nitrogen and oxygen atoms in total. The molecule has 136 valence electrons. The highest BCUT2D eigenvalue weighted by atomic mass is 32.1. The minimum Gasteiger partial charge on any atom is -0.462 e. The van der Waals surface area contributed by atoms with Crippen LogP contribution in [0.3, 0.4) is 0 Å². The van der Waals surface area contributed by atoms with Gasteiger partial charge in [0.2, 0.25) is 0 Å². The summed E-state index contributed by atoms with van der Waals surface area (Å²) in [6.07, 6.45) is 0.547. The molecule has 0 saturated heterocycles. The van der Waals surface area contributed by atoms with E-state index in [0.717, 1.165) is 22.9 Å². The molecule has 0 aliphatic carbocycles. The number of carbonyl (C=O) groups is 2. The highest BCUT2D eigenvalue weighted by molar-refractivity contribution is 7.21. The predicted molar refractivity (Wildman–Crippen MR) is 96.1 cm³/mol. The first-order valence-electron chi connectivity index (χ1n) is 7.92. The van der Waals surface area contributed by atoms with Crippen LogP contribution in [0.4, 0.5) is 4.39 Å². The lowest BCUT2D eigenvalue weighted by Gasteiger charge is -2.06. The fourth-order valence-corrected chi connectivity index (χ4v) is 4.23. The molecule has 0 aliphatic rings. The van der Waals surface area contributed by atoms with Crippen molar-refractivity contribution in [3.8, 4) is 0 Å². The fourth-order valence-electron chi connectivity index (χ4n) is 2.46.